The van der Waals surface area contributed by atoms with Crippen LogP contribution in [0.15, 0.2) is 36.7 Å². The molecule has 4 rings (SSSR count). The lowest BCUT2D eigenvalue weighted by Gasteiger charge is -2.17. The molecule has 0 radical (unpaired) electrons. The van der Waals surface area contributed by atoms with Crippen LogP contribution >= 0.6 is 0 Å². The fourth-order valence-corrected chi connectivity index (χ4v) is 4.60. The van der Waals surface area contributed by atoms with Gasteiger partial charge in [-0.25, -0.2) is 4.98 Å². The van der Waals surface area contributed by atoms with E-state index in [1.807, 2.05) is 22.9 Å². The molecule has 1 atom stereocenters. The fraction of sp³-hybridized carbons (Fsp3) is 0.476. The average molecular weight is 384 g/mol. The molecule has 1 aromatic carbocycles. The molecule has 0 fully saturated rings. The third-order valence-corrected chi connectivity index (χ3v) is 7.10. The number of imidazole rings is 1. The summed E-state index contributed by atoms with van der Waals surface area (Å²) in [6, 6.07) is 9.55. The predicted octanol–water partition coefficient (Wildman–Crippen LogP) is 4.18. The van der Waals surface area contributed by atoms with Gasteiger partial charge in [-0.05, 0) is 36.6 Å². The highest BCUT2D eigenvalue weighted by Crippen LogP contribution is 2.33. The van der Waals surface area contributed by atoms with Crippen LogP contribution < -0.4 is 0 Å². The van der Waals surface area contributed by atoms with Crippen LogP contribution in [0.3, 0.4) is 0 Å². The van der Waals surface area contributed by atoms with Gasteiger partial charge < -0.3 is 19.0 Å². The topological polar surface area (TPSA) is 52.2 Å². The molecule has 1 unspecified atom stereocenters. The summed E-state index contributed by atoms with van der Waals surface area (Å²) in [4.78, 5) is 4.43. The molecule has 0 bridgehead atoms. The molecule has 1 N–H and O–H groups in total. The number of ether oxygens (including phenoxy) is 1. The Kier molecular flexibility index (Phi) is 4.97. The Labute approximate surface area is 161 Å². The molecule has 0 saturated carbocycles. The van der Waals surface area contributed by atoms with Crippen LogP contribution in [-0.4, -0.2) is 33.9 Å². The molecule has 3 aromatic rings. The van der Waals surface area contributed by atoms with Gasteiger partial charge in [0.25, 0.3) is 0 Å². The second-order valence-corrected chi connectivity index (χ2v) is 14.3. The van der Waals surface area contributed by atoms with Gasteiger partial charge >= 0.3 is 0 Å². The third kappa shape index (κ3) is 3.74. The maximum Gasteiger partial charge on any atom is 0.144 e. The summed E-state index contributed by atoms with van der Waals surface area (Å²) < 4.78 is 10.1. The van der Waals surface area contributed by atoms with E-state index in [0.29, 0.717) is 12.6 Å². The maximum atomic E-state index is 11.1. The van der Waals surface area contributed by atoms with Gasteiger partial charge in [-0.1, -0.05) is 31.8 Å². The zero-order chi connectivity index (χ0) is 19.0. The van der Waals surface area contributed by atoms with Crippen molar-refractivity contribution in [2.45, 2.75) is 57.9 Å². The molecule has 3 heterocycles. The average Bonchev–Trinajstić information content (AvgIpc) is 3.32. The number of aliphatic hydroxyl groups excluding tert-OH is 1. The molecule has 27 heavy (non-hydrogen) atoms. The molecule has 2 aromatic heterocycles. The van der Waals surface area contributed by atoms with Crippen molar-refractivity contribution in [1.29, 1.82) is 0 Å². The van der Waals surface area contributed by atoms with Gasteiger partial charge in [0.15, 0.2) is 0 Å². The number of aliphatic hydroxyl groups is 1. The fourth-order valence-electron chi connectivity index (χ4n) is 3.85. The van der Waals surface area contributed by atoms with Crippen LogP contribution in [0.2, 0.25) is 25.7 Å². The zero-order valence-electron chi connectivity index (χ0n) is 16.5. The van der Waals surface area contributed by atoms with Crippen LogP contribution in [0.5, 0.6) is 0 Å². The van der Waals surface area contributed by atoms with Crippen molar-refractivity contribution < 1.29 is 9.84 Å². The Morgan fingerprint density at radius 1 is 1.30 bits per heavy atom. The number of fused-ring (bicyclic) bond motifs is 3. The normalized spacial score (nSPS) is 15.4. The summed E-state index contributed by atoms with van der Waals surface area (Å²) in [5.74, 6) is 0.641. The van der Waals surface area contributed by atoms with Crippen molar-refractivity contribution in [1.82, 2.24) is 14.1 Å². The van der Waals surface area contributed by atoms with E-state index in [9.17, 15) is 5.11 Å². The van der Waals surface area contributed by atoms with Gasteiger partial charge in [0.1, 0.15) is 18.7 Å². The summed E-state index contributed by atoms with van der Waals surface area (Å²) in [5, 5.41) is 12.2. The Morgan fingerprint density at radius 3 is 2.96 bits per heavy atom. The second kappa shape index (κ2) is 7.26. The van der Waals surface area contributed by atoms with Crippen molar-refractivity contribution in [2.24, 2.45) is 0 Å². The highest BCUT2D eigenvalue weighted by atomic mass is 28.3. The molecule has 0 amide bonds. The van der Waals surface area contributed by atoms with Crippen molar-refractivity contribution in [3.05, 3.63) is 53.7 Å². The second-order valence-electron chi connectivity index (χ2n) is 8.68. The Hall–Kier alpha value is -1.89. The standard InChI is InChI=1S/C21H29N3O2Si/c1-27(2,3)13-12-26-15-23-11-9-22-21(23)20(25)17-7-4-8-19-18(17)14-16-6-5-10-24(16)19/h4,7-9,11,14,20,25H,5-6,10,12-13,15H2,1-3H3. The van der Waals surface area contributed by atoms with Crippen LogP contribution in [0, 0.1) is 0 Å². The molecule has 6 heteroatoms. The van der Waals surface area contributed by atoms with Crippen LogP contribution in [0.4, 0.5) is 0 Å². The Balaban J connectivity index is 1.55. The quantitative estimate of drug-likeness (QED) is 0.492. The molecule has 1 aliphatic rings. The SMILES string of the molecule is C[Si](C)(C)CCOCn1ccnc1C(O)c1cccc2c1cc1n2CCC1. The van der Waals surface area contributed by atoms with Gasteiger partial charge in [-0.3, -0.25) is 0 Å². The van der Waals surface area contributed by atoms with E-state index in [2.05, 4.69) is 41.3 Å². The first kappa shape index (κ1) is 18.5. The van der Waals surface area contributed by atoms with Gasteiger partial charge in [0.05, 0.1) is 0 Å². The summed E-state index contributed by atoms with van der Waals surface area (Å²) in [7, 11) is -1.10. The maximum absolute atomic E-state index is 11.1. The van der Waals surface area contributed by atoms with Gasteiger partial charge in [-0.2, -0.15) is 0 Å². The first-order valence-electron chi connectivity index (χ1n) is 9.82. The van der Waals surface area contributed by atoms with E-state index in [1.165, 1.54) is 17.6 Å². The molecule has 0 aliphatic carbocycles. The summed E-state index contributed by atoms with van der Waals surface area (Å²) >= 11 is 0. The number of aryl methyl sites for hydroxylation is 2. The largest absolute Gasteiger partial charge is 0.380 e. The minimum absolute atomic E-state index is 0.430. The van der Waals surface area contributed by atoms with Crippen molar-refractivity contribution >= 4 is 19.0 Å². The monoisotopic (exact) mass is 383 g/mol. The molecule has 1 aliphatic heterocycles. The number of rotatable bonds is 7. The van der Waals surface area contributed by atoms with Crippen LogP contribution in [0.25, 0.3) is 10.9 Å². The highest BCUT2D eigenvalue weighted by molar-refractivity contribution is 6.76. The van der Waals surface area contributed by atoms with Crippen LogP contribution in [0.1, 0.15) is 29.6 Å². The summed E-state index contributed by atoms with van der Waals surface area (Å²) in [6.45, 7) is 9.29. The van der Waals surface area contributed by atoms with Crippen LogP contribution in [-0.2, 0) is 24.4 Å². The smallest absolute Gasteiger partial charge is 0.144 e. The van der Waals surface area contributed by atoms with E-state index < -0.39 is 14.2 Å². The van der Waals surface area contributed by atoms with Gasteiger partial charge in [0.2, 0.25) is 0 Å². The number of benzene rings is 1. The lowest BCUT2D eigenvalue weighted by Crippen LogP contribution is -2.22. The third-order valence-electron chi connectivity index (χ3n) is 5.39. The number of hydrogen-bond donors (Lipinski definition) is 1. The molecule has 5 nitrogen and oxygen atoms in total. The van der Waals surface area contributed by atoms with E-state index in [4.69, 9.17) is 4.74 Å². The molecule has 144 valence electrons. The predicted molar refractivity (Wildman–Crippen MR) is 111 cm³/mol. The van der Waals surface area contributed by atoms with Crippen molar-refractivity contribution in [3.63, 3.8) is 0 Å². The van der Waals surface area contributed by atoms with E-state index in [-0.39, 0.29) is 0 Å². The van der Waals surface area contributed by atoms with Gasteiger partial charge in [0, 0.05) is 50.2 Å². The minimum atomic E-state index is -1.10. The minimum Gasteiger partial charge on any atom is -0.380 e. The molecular formula is C21H29N3O2Si. The Bertz CT molecular complexity index is 939. The zero-order valence-corrected chi connectivity index (χ0v) is 17.5. The van der Waals surface area contributed by atoms with E-state index in [0.717, 1.165) is 36.6 Å². The number of aromatic nitrogens is 3. The van der Waals surface area contributed by atoms with Crippen molar-refractivity contribution in [2.75, 3.05) is 6.61 Å². The lowest BCUT2D eigenvalue weighted by molar-refractivity contribution is 0.0787. The summed E-state index contributed by atoms with van der Waals surface area (Å²) in [5.41, 5.74) is 3.50. The number of nitrogens with zero attached hydrogens (tertiary/aromatic N) is 3. The van der Waals surface area contributed by atoms with E-state index in [1.54, 1.807) is 6.20 Å². The van der Waals surface area contributed by atoms with Crippen molar-refractivity contribution in [3.8, 4) is 0 Å². The number of hydrogen-bond acceptors (Lipinski definition) is 3. The van der Waals surface area contributed by atoms with E-state index >= 15 is 0 Å². The van der Waals surface area contributed by atoms with Gasteiger partial charge in [-0.15, -0.1) is 0 Å². The molecular weight excluding hydrogens is 354 g/mol. The first-order valence-corrected chi connectivity index (χ1v) is 13.5. The lowest BCUT2D eigenvalue weighted by atomic mass is 10.0. The first-order chi connectivity index (χ1) is 12.9. The molecule has 0 saturated heterocycles. The summed E-state index contributed by atoms with van der Waals surface area (Å²) in [6.07, 6.45) is 5.18. The Morgan fingerprint density at radius 2 is 2.15 bits per heavy atom. The highest BCUT2D eigenvalue weighted by Gasteiger charge is 2.22. The molecule has 0 spiro atoms.